The van der Waals surface area contributed by atoms with Crippen molar-refractivity contribution in [3.05, 3.63) is 17.7 Å². The van der Waals surface area contributed by atoms with Crippen LogP contribution in [-0.4, -0.2) is 15.1 Å². The number of aliphatic hydroxyl groups excluding tert-OH is 1. The van der Waals surface area contributed by atoms with Gasteiger partial charge in [0.15, 0.2) is 0 Å². The SMILES string of the molecule is CC(O)c1cnc(C(N)C(C)C)[nH]1. The van der Waals surface area contributed by atoms with Gasteiger partial charge >= 0.3 is 0 Å². The molecule has 0 bridgehead atoms. The molecule has 2 unspecified atom stereocenters. The first-order valence-electron chi connectivity index (χ1n) is 4.50. The van der Waals surface area contributed by atoms with Gasteiger partial charge in [-0.25, -0.2) is 4.98 Å². The van der Waals surface area contributed by atoms with Crippen molar-refractivity contribution in [1.29, 1.82) is 0 Å². The van der Waals surface area contributed by atoms with Gasteiger partial charge in [0.25, 0.3) is 0 Å². The lowest BCUT2D eigenvalue weighted by Crippen LogP contribution is -2.18. The Kier molecular flexibility index (Phi) is 3.06. The quantitative estimate of drug-likeness (QED) is 0.657. The van der Waals surface area contributed by atoms with Gasteiger partial charge in [0.05, 0.1) is 24.0 Å². The molecule has 0 amide bonds. The van der Waals surface area contributed by atoms with E-state index in [9.17, 15) is 5.11 Å². The monoisotopic (exact) mass is 183 g/mol. The highest BCUT2D eigenvalue weighted by Crippen LogP contribution is 2.17. The molecule has 4 nitrogen and oxygen atoms in total. The summed E-state index contributed by atoms with van der Waals surface area (Å²) < 4.78 is 0. The molecule has 74 valence electrons. The molecule has 0 spiro atoms. The number of nitrogens with two attached hydrogens (primary N) is 1. The summed E-state index contributed by atoms with van der Waals surface area (Å²) in [4.78, 5) is 7.13. The van der Waals surface area contributed by atoms with Crippen molar-refractivity contribution in [2.75, 3.05) is 0 Å². The Bertz CT molecular complexity index is 268. The van der Waals surface area contributed by atoms with Gasteiger partial charge in [-0.1, -0.05) is 13.8 Å². The summed E-state index contributed by atoms with van der Waals surface area (Å²) in [6.07, 6.45) is 1.11. The zero-order chi connectivity index (χ0) is 10.0. The normalized spacial score (nSPS) is 16.2. The lowest BCUT2D eigenvalue weighted by atomic mass is 10.1. The van der Waals surface area contributed by atoms with E-state index in [0.29, 0.717) is 11.6 Å². The predicted molar refractivity (Wildman–Crippen MR) is 51.0 cm³/mol. The third-order valence-corrected chi connectivity index (χ3v) is 2.10. The summed E-state index contributed by atoms with van der Waals surface area (Å²) in [5.41, 5.74) is 6.59. The highest BCUT2D eigenvalue weighted by atomic mass is 16.3. The van der Waals surface area contributed by atoms with Gasteiger partial charge in [-0.2, -0.15) is 0 Å². The second kappa shape index (κ2) is 3.89. The van der Waals surface area contributed by atoms with Crippen LogP contribution < -0.4 is 5.73 Å². The van der Waals surface area contributed by atoms with Crippen molar-refractivity contribution in [2.45, 2.75) is 32.9 Å². The first-order chi connectivity index (χ1) is 6.02. The maximum Gasteiger partial charge on any atom is 0.123 e. The van der Waals surface area contributed by atoms with E-state index in [1.165, 1.54) is 0 Å². The topological polar surface area (TPSA) is 74.9 Å². The van der Waals surface area contributed by atoms with Crippen LogP contribution in [0, 0.1) is 5.92 Å². The molecule has 0 radical (unpaired) electrons. The number of imidazole rings is 1. The van der Waals surface area contributed by atoms with E-state index in [2.05, 4.69) is 9.97 Å². The molecule has 4 heteroatoms. The first-order valence-corrected chi connectivity index (χ1v) is 4.50. The van der Waals surface area contributed by atoms with E-state index in [4.69, 9.17) is 5.73 Å². The minimum atomic E-state index is -0.513. The number of nitrogens with one attached hydrogen (secondary N) is 1. The first kappa shape index (κ1) is 10.2. The highest BCUT2D eigenvalue weighted by molar-refractivity contribution is 5.06. The molecule has 0 aliphatic heterocycles. The standard InChI is InChI=1S/C9H17N3O/c1-5(2)8(10)9-11-4-7(12-9)6(3)13/h4-6,8,13H,10H2,1-3H3,(H,11,12). The van der Waals surface area contributed by atoms with Crippen LogP contribution in [-0.2, 0) is 0 Å². The van der Waals surface area contributed by atoms with E-state index in [1.54, 1.807) is 13.1 Å². The lowest BCUT2D eigenvalue weighted by molar-refractivity contribution is 0.194. The van der Waals surface area contributed by atoms with Gasteiger partial charge in [0.2, 0.25) is 0 Å². The molecule has 1 heterocycles. The van der Waals surface area contributed by atoms with E-state index >= 15 is 0 Å². The fraction of sp³-hybridized carbons (Fsp3) is 0.667. The fourth-order valence-corrected chi connectivity index (χ4v) is 1.05. The summed E-state index contributed by atoms with van der Waals surface area (Å²) >= 11 is 0. The van der Waals surface area contributed by atoms with Crippen molar-refractivity contribution >= 4 is 0 Å². The van der Waals surface area contributed by atoms with E-state index < -0.39 is 6.10 Å². The van der Waals surface area contributed by atoms with Crippen LogP contribution in [0.4, 0.5) is 0 Å². The molecule has 0 aromatic carbocycles. The summed E-state index contributed by atoms with van der Waals surface area (Å²) in [7, 11) is 0. The molecule has 0 saturated carbocycles. The number of hydrogen-bond acceptors (Lipinski definition) is 3. The number of hydrogen-bond donors (Lipinski definition) is 3. The van der Waals surface area contributed by atoms with Crippen LogP contribution in [0.25, 0.3) is 0 Å². The molecular formula is C9H17N3O. The Morgan fingerprint density at radius 2 is 2.08 bits per heavy atom. The second-order valence-electron chi connectivity index (χ2n) is 3.67. The largest absolute Gasteiger partial charge is 0.387 e. The Morgan fingerprint density at radius 3 is 2.46 bits per heavy atom. The molecule has 2 atom stereocenters. The number of aliphatic hydroxyl groups is 1. The van der Waals surface area contributed by atoms with Crippen LogP contribution in [0.1, 0.15) is 44.4 Å². The Labute approximate surface area is 78.2 Å². The molecule has 0 aliphatic rings. The molecule has 0 saturated heterocycles. The summed E-state index contributed by atoms with van der Waals surface area (Å²) in [6, 6.07) is -0.0903. The van der Waals surface area contributed by atoms with Gasteiger partial charge in [-0.3, -0.25) is 0 Å². The molecule has 0 aliphatic carbocycles. The van der Waals surface area contributed by atoms with Crippen molar-refractivity contribution in [3.8, 4) is 0 Å². The lowest BCUT2D eigenvalue weighted by Gasteiger charge is -2.12. The van der Waals surface area contributed by atoms with Gasteiger partial charge in [0.1, 0.15) is 5.82 Å². The third-order valence-electron chi connectivity index (χ3n) is 2.10. The van der Waals surface area contributed by atoms with Gasteiger partial charge in [0, 0.05) is 0 Å². The van der Waals surface area contributed by atoms with Gasteiger partial charge in [-0.15, -0.1) is 0 Å². The summed E-state index contributed by atoms with van der Waals surface area (Å²) in [5, 5.41) is 9.25. The molecule has 1 aromatic heterocycles. The average molecular weight is 183 g/mol. The molecular weight excluding hydrogens is 166 g/mol. The summed E-state index contributed by atoms with van der Waals surface area (Å²) in [6.45, 7) is 5.77. The Hall–Kier alpha value is -0.870. The fourth-order valence-electron chi connectivity index (χ4n) is 1.05. The Balaban J connectivity index is 2.79. The zero-order valence-electron chi connectivity index (χ0n) is 8.28. The predicted octanol–water partition coefficient (Wildman–Crippen LogP) is 1.12. The average Bonchev–Trinajstić information content (AvgIpc) is 2.50. The van der Waals surface area contributed by atoms with Crippen molar-refractivity contribution in [1.82, 2.24) is 9.97 Å². The Morgan fingerprint density at radius 1 is 1.46 bits per heavy atom. The summed E-state index contributed by atoms with van der Waals surface area (Å²) in [5.74, 6) is 1.08. The molecule has 0 fully saturated rings. The van der Waals surface area contributed by atoms with Crippen LogP contribution in [0.2, 0.25) is 0 Å². The van der Waals surface area contributed by atoms with E-state index in [-0.39, 0.29) is 6.04 Å². The number of aromatic nitrogens is 2. The number of rotatable bonds is 3. The maximum absolute atomic E-state index is 9.25. The number of nitrogens with zero attached hydrogens (tertiary/aromatic N) is 1. The van der Waals surface area contributed by atoms with Gasteiger partial charge < -0.3 is 15.8 Å². The molecule has 4 N–H and O–H groups in total. The van der Waals surface area contributed by atoms with E-state index in [1.807, 2.05) is 13.8 Å². The number of aromatic amines is 1. The van der Waals surface area contributed by atoms with Crippen LogP contribution in [0.3, 0.4) is 0 Å². The highest BCUT2D eigenvalue weighted by Gasteiger charge is 2.14. The molecule has 13 heavy (non-hydrogen) atoms. The third kappa shape index (κ3) is 2.29. The smallest absolute Gasteiger partial charge is 0.123 e. The van der Waals surface area contributed by atoms with Crippen molar-refractivity contribution in [2.24, 2.45) is 11.7 Å². The van der Waals surface area contributed by atoms with Crippen molar-refractivity contribution < 1.29 is 5.11 Å². The van der Waals surface area contributed by atoms with E-state index in [0.717, 1.165) is 5.82 Å². The van der Waals surface area contributed by atoms with Crippen molar-refractivity contribution in [3.63, 3.8) is 0 Å². The van der Waals surface area contributed by atoms with Crippen LogP contribution >= 0.6 is 0 Å². The maximum atomic E-state index is 9.25. The minimum Gasteiger partial charge on any atom is -0.387 e. The minimum absolute atomic E-state index is 0.0903. The van der Waals surface area contributed by atoms with Crippen LogP contribution in [0.5, 0.6) is 0 Å². The van der Waals surface area contributed by atoms with Gasteiger partial charge in [-0.05, 0) is 12.8 Å². The van der Waals surface area contributed by atoms with Crippen LogP contribution in [0.15, 0.2) is 6.20 Å². The molecule has 1 aromatic rings. The zero-order valence-corrected chi connectivity index (χ0v) is 8.28. The number of H-pyrrole nitrogens is 1. The molecule has 1 rings (SSSR count). The second-order valence-corrected chi connectivity index (χ2v) is 3.67.